The third-order valence-electron chi connectivity index (χ3n) is 10.5. The smallest absolute Gasteiger partial charge is 0.139 e. The van der Waals surface area contributed by atoms with Gasteiger partial charge >= 0.3 is 0 Å². The number of hydrogen-bond acceptors (Lipinski definition) is 3. The number of nitrogens with zero attached hydrogens (tertiary/aromatic N) is 1. The van der Waals surface area contributed by atoms with Crippen LogP contribution >= 0.6 is 0 Å². The largest absolute Gasteiger partial charge is 0.456 e. The molecule has 0 amide bonds. The van der Waals surface area contributed by atoms with E-state index in [-0.39, 0.29) is 5.41 Å². The molecule has 0 bridgehead atoms. The lowest BCUT2D eigenvalue weighted by molar-refractivity contribution is 0.619. The first kappa shape index (κ1) is 28.7. The first-order valence-corrected chi connectivity index (χ1v) is 17.2. The van der Waals surface area contributed by atoms with Gasteiger partial charge in [-0.2, -0.15) is 0 Å². The summed E-state index contributed by atoms with van der Waals surface area (Å²) in [5.41, 5.74) is 14.3. The predicted molar refractivity (Wildman–Crippen MR) is 207 cm³/mol. The summed E-state index contributed by atoms with van der Waals surface area (Å²) in [6, 6.07) is 58.2. The van der Waals surface area contributed by atoms with E-state index in [4.69, 9.17) is 8.83 Å². The van der Waals surface area contributed by atoms with Gasteiger partial charge in [-0.25, -0.2) is 0 Å². The third-order valence-corrected chi connectivity index (χ3v) is 10.5. The minimum atomic E-state index is -0.161. The standard InChI is InChI=1S/C47H33NO2/c1-47(2)41-28-33(20-26-39(41)46-45(47)40-13-7-9-15-43(40)50-46)32-18-23-35(24-19-32)48(34-21-16-31(17-22-34)30-10-4-3-5-11-30)36-25-27-38-37-12-6-8-14-42(37)49-44(38)29-36/h3-29H,1-2H3. The molecule has 3 nitrogen and oxygen atoms in total. The van der Waals surface area contributed by atoms with Crippen LogP contribution in [-0.4, -0.2) is 0 Å². The monoisotopic (exact) mass is 643 g/mol. The molecular weight excluding hydrogens is 611 g/mol. The van der Waals surface area contributed by atoms with Crippen LogP contribution in [0.3, 0.4) is 0 Å². The summed E-state index contributed by atoms with van der Waals surface area (Å²) < 4.78 is 12.7. The maximum Gasteiger partial charge on any atom is 0.139 e. The highest BCUT2D eigenvalue weighted by atomic mass is 16.3. The van der Waals surface area contributed by atoms with Crippen molar-refractivity contribution in [2.75, 3.05) is 4.90 Å². The molecule has 50 heavy (non-hydrogen) atoms. The van der Waals surface area contributed by atoms with Crippen molar-refractivity contribution in [3.8, 4) is 33.6 Å². The van der Waals surface area contributed by atoms with E-state index in [0.29, 0.717) is 0 Å². The van der Waals surface area contributed by atoms with Gasteiger partial charge in [0.15, 0.2) is 0 Å². The van der Waals surface area contributed by atoms with Crippen molar-refractivity contribution >= 4 is 50.0 Å². The number of rotatable bonds is 5. The molecule has 0 aliphatic heterocycles. The van der Waals surface area contributed by atoms with Crippen LogP contribution in [0, 0.1) is 0 Å². The Bertz CT molecular complexity index is 2710. The highest BCUT2D eigenvalue weighted by Gasteiger charge is 2.40. The molecule has 2 heterocycles. The first-order chi connectivity index (χ1) is 24.5. The Morgan fingerprint density at radius 3 is 1.68 bits per heavy atom. The van der Waals surface area contributed by atoms with E-state index in [1.54, 1.807) is 0 Å². The number of anilines is 3. The third kappa shape index (κ3) is 4.37. The van der Waals surface area contributed by atoms with Crippen molar-refractivity contribution in [1.29, 1.82) is 0 Å². The summed E-state index contributed by atoms with van der Waals surface area (Å²) in [6.45, 7) is 4.62. The molecule has 10 rings (SSSR count). The Kier molecular flexibility index (Phi) is 6.22. The summed E-state index contributed by atoms with van der Waals surface area (Å²) in [5, 5.41) is 3.45. The number of benzene rings is 7. The highest BCUT2D eigenvalue weighted by Crippen LogP contribution is 2.53. The van der Waals surface area contributed by atoms with Crippen molar-refractivity contribution < 1.29 is 8.83 Å². The van der Waals surface area contributed by atoms with Crippen LogP contribution in [0.5, 0.6) is 0 Å². The van der Waals surface area contributed by atoms with Gasteiger partial charge < -0.3 is 13.7 Å². The van der Waals surface area contributed by atoms with Gasteiger partial charge in [0, 0.05) is 55.8 Å². The van der Waals surface area contributed by atoms with Gasteiger partial charge in [0.2, 0.25) is 0 Å². The summed E-state index contributed by atoms with van der Waals surface area (Å²) in [5.74, 6) is 1.00. The van der Waals surface area contributed by atoms with Gasteiger partial charge in [0.25, 0.3) is 0 Å². The molecule has 0 unspecified atom stereocenters. The topological polar surface area (TPSA) is 29.5 Å². The molecule has 0 N–H and O–H groups in total. The fourth-order valence-corrected chi connectivity index (χ4v) is 7.97. The molecule has 7 aromatic carbocycles. The molecule has 0 spiro atoms. The molecule has 0 saturated carbocycles. The van der Waals surface area contributed by atoms with Gasteiger partial charge in [-0.15, -0.1) is 0 Å². The molecule has 0 saturated heterocycles. The Balaban J connectivity index is 1.05. The molecule has 0 atom stereocenters. The van der Waals surface area contributed by atoms with E-state index in [9.17, 15) is 0 Å². The quantitative estimate of drug-likeness (QED) is 0.187. The SMILES string of the molecule is CC1(C)c2cc(-c3ccc(N(c4ccc(-c5ccccc5)cc4)c4ccc5c(c4)oc4ccccc45)cc3)ccc2-c2oc3ccccc3c21. The van der Waals surface area contributed by atoms with Gasteiger partial charge in [0.1, 0.15) is 22.5 Å². The fourth-order valence-electron chi connectivity index (χ4n) is 7.97. The summed E-state index contributed by atoms with van der Waals surface area (Å²) in [6.07, 6.45) is 0. The second kappa shape index (κ2) is 10.8. The van der Waals surface area contributed by atoms with Crippen molar-refractivity contribution in [2.24, 2.45) is 0 Å². The summed E-state index contributed by atoms with van der Waals surface area (Å²) in [4.78, 5) is 2.31. The first-order valence-electron chi connectivity index (χ1n) is 17.2. The minimum absolute atomic E-state index is 0.161. The Hall–Kier alpha value is -6.32. The molecule has 0 radical (unpaired) electrons. The van der Waals surface area contributed by atoms with Crippen LogP contribution in [0.4, 0.5) is 17.1 Å². The summed E-state index contributed by atoms with van der Waals surface area (Å²) in [7, 11) is 0. The van der Waals surface area contributed by atoms with Crippen molar-refractivity contribution in [3.05, 3.63) is 175 Å². The van der Waals surface area contributed by atoms with E-state index in [0.717, 1.165) is 50.3 Å². The Morgan fingerprint density at radius 1 is 0.420 bits per heavy atom. The molecule has 9 aromatic rings. The fraction of sp³-hybridized carbons (Fsp3) is 0.0638. The Labute approximate surface area is 290 Å². The van der Waals surface area contributed by atoms with Crippen molar-refractivity contribution in [3.63, 3.8) is 0 Å². The second-order valence-corrected chi connectivity index (χ2v) is 13.8. The van der Waals surface area contributed by atoms with E-state index >= 15 is 0 Å². The van der Waals surface area contributed by atoms with E-state index in [2.05, 4.69) is 164 Å². The lowest BCUT2D eigenvalue weighted by Gasteiger charge is -2.26. The lowest BCUT2D eigenvalue weighted by atomic mass is 9.80. The summed E-state index contributed by atoms with van der Waals surface area (Å²) >= 11 is 0. The van der Waals surface area contributed by atoms with Crippen LogP contribution in [0.25, 0.3) is 66.5 Å². The van der Waals surface area contributed by atoms with E-state index in [1.165, 1.54) is 44.3 Å². The van der Waals surface area contributed by atoms with Crippen molar-refractivity contribution in [2.45, 2.75) is 19.3 Å². The van der Waals surface area contributed by atoms with Gasteiger partial charge in [0.05, 0.1) is 0 Å². The number of para-hydroxylation sites is 2. The van der Waals surface area contributed by atoms with Gasteiger partial charge in [-0.1, -0.05) is 117 Å². The highest BCUT2D eigenvalue weighted by molar-refractivity contribution is 6.06. The lowest BCUT2D eigenvalue weighted by Crippen LogP contribution is -2.15. The maximum atomic E-state index is 6.41. The molecule has 1 aliphatic carbocycles. The normalized spacial score (nSPS) is 13.2. The minimum Gasteiger partial charge on any atom is -0.456 e. The van der Waals surface area contributed by atoms with Crippen LogP contribution in [0.15, 0.2) is 173 Å². The molecule has 3 heteroatoms. The van der Waals surface area contributed by atoms with Crippen LogP contribution in [-0.2, 0) is 5.41 Å². The number of hydrogen-bond donors (Lipinski definition) is 0. The molecule has 238 valence electrons. The molecule has 0 fully saturated rings. The average molecular weight is 644 g/mol. The molecule has 1 aliphatic rings. The zero-order valence-electron chi connectivity index (χ0n) is 27.9. The van der Waals surface area contributed by atoms with E-state index in [1.807, 2.05) is 18.2 Å². The van der Waals surface area contributed by atoms with E-state index < -0.39 is 0 Å². The zero-order chi connectivity index (χ0) is 33.4. The van der Waals surface area contributed by atoms with Crippen LogP contribution in [0.2, 0.25) is 0 Å². The zero-order valence-corrected chi connectivity index (χ0v) is 27.9. The predicted octanol–water partition coefficient (Wildman–Crippen LogP) is 13.4. The molecule has 2 aromatic heterocycles. The molecular formula is C47H33NO2. The average Bonchev–Trinajstić information content (AvgIpc) is 3.81. The second-order valence-electron chi connectivity index (χ2n) is 13.8. The van der Waals surface area contributed by atoms with Crippen molar-refractivity contribution in [1.82, 2.24) is 0 Å². The maximum absolute atomic E-state index is 6.41. The van der Waals surface area contributed by atoms with Crippen LogP contribution in [0.1, 0.15) is 25.0 Å². The van der Waals surface area contributed by atoms with Crippen LogP contribution < -0.4 is 4.90 Å². The Morgan fingerprint density at radius 2 is 0.960 bits per heavy atom. The number of fused-ring (bicyclic) bond motifs is 8. The number of furan rings is 2. The van der Waals surface area contributed by atoms with Gasteiger partial charge in [-0.3, -0.25) is 0 Å². The van der Waals surface area contributed by atoms with Gasteiger partial charge in [-0.05, 0) is 82.4 Å².